The van der Waals surface area contributed by atoms with Gasteiger partial charge in [-0.25, -0.2) is 0 Å². The van der Waals surface area contributed by atoms with Crippen LogP contribution in [0.5, 0.6) is 0 Å². The number of carbonyl (C=O) groups excluding carboxylic acids is 1. The number of hydrogen-bond acceptors (Lipinski definition) is 3. The number of likely N-dealkylation sites (tertiary alicyclic amines) is 1. The molecule has 1 fully saturated rings. The number of rotatable bonds is 2. The molecule has 3 nitrogen and oxygen atoms in total. The smallest absolute Gasteiger partial charge is 0.255 e. The molecule has 20 heavy (non-hydrogen) atoms. The predicted molar refractivity (Wildman–Crippen MR) is 84.1 cm³/mol. The van der Waals surface area contributed by atoms with Crippen molar-refractivity contribution < 1.29 is 4.79 Å². The van der Waals surface area contributed by atoms with Gasteiger partial charge in [0.05, 0.1) is 5.56 Å². The van der Waals surface area contributed by atoms with Crippen LogP contribution in [0, 0.1) is 5.92 Å². The SMILES string of the molecule is CCC1CN(C(=O)c2csc3ccccc23)CCC1N. The summed E-state index contributed by atoms with van der Waals surface area (Å²) in [7, 11) is 0. The summed E-state index contributed by atoms with van der Waals surface area (Å²) in [5.41, 5.74) is 6.97. The molecule has 1 aromatic carbocycles. The first-order valence-corrected chi connectivity index (χ1v) is 8.09. The topological polar surface area (TPSA) is 46.3 Å². The van der Waals surface area contributed by atoms with E-state index in [4.69, 9.17) is 5.73 Å². The average Bonchev–Trinajstić information content (AvgIpc) is 2.91. The van der Waals surface area contributed by atoms with Crippen molar-refractivity contribution in [1.82, 2.24) is 4.90 Å². The summed E-state index contributed by atoms with van der Waals surface area (Å²) in [5.74, 6) is 0.588. The molecule has 2 aromatic rings. The molecule has 0 spiro atoms. The van der Waals surface area contributed by atoms with Crippen LogP contribution in [0.1, 0.15) is 30.1 Å². The summed E-state index contributed by atoms with van der Waals surface area (Å²) in [5, 5.41) is 3.06. The Bertz CT molecular complexity index is 622. The van der Waals surface area contributed by atoms with Crippen molar-refractivity contribution in [3.63, 3.8) is 0 Å². The minimum Gasteiger partial charge on any atom is -0.338 e. The number of thiophene rings is 1. The number of benzene rings is 1. The maximum Gasteiger partial charge on any atom is 0.255 e. The van der Waals surface area contributed by atoms with Gasteiger partial charge in [-0.05, 0) is 18.4 Å². The quantitative estimate of drug-likeness (QED) is 0.923. The number of nitrogens with zero attached hydrogens (tertiary/aromatic N) is 1. The lowest BCUT2D eigenvalue weighted by Gasteiger charge is -2.36. The van der Waals surface area contributed by atoms with E-state index < -0.39 is 0 Å². The van der Waals surface area contributed by atoms with Crippen LogP contribution in [-0.4, -0.2) is 29.9 Å². The summed E-state index contributed by atoms with van der Waals surface area (Å²) >= 11 is 1.64. The fourth-order valence-electron chi connectivity index (χ4n) is 2.98. The number of fused-ring (bicyclic) bond motifs is 1. The van der Waals surface area contributed by atoms with E-state index in [2.05, 4.69) is 13.0 Å². The molecule has 3 rings (SSSR count). The first-order valence-electron chi connectivity index (χ1n) is 7.21. The van der Waals surface area contributed by atoms with E-state index in [1.807, 2.05) is 28.5 Å². The number of hydrogen-bond donors (Lipinski definition) is 1. The first kappa shape index (κ1) is 13.6. The normalized spacial score (nSPS) is 23.2. The minimum atomic E-state index is 0.160. The molecule has 106 valence electrons. The molecule has 1 aliphatic rings. The molecule has 0 radical (unpaired) electrons. The molecule has 2 atom stereocenters. The standard InChI is InChI=1S/C16H20N2OS/c1-2-11-9-18(8-7-14(11)17)16(19)13-10-20-15-6-4-3-5-12(13)15/h3-6,10-11,14H,2,7-9,17H2,1H3. The van der Waals surface area contributed by atoms with Crippen LogP contribution in [0.2, 0.25) is 0 Å². The van der Waals surface area contributed by atoms with Crippen LogP contribution in [0.15, 0.2) is 29.6 Å². The molecular formula is C16H20N2OS. The Hall–Kier alpha value is -1.39. The van der Waals surface area contributed by atoms with Crippen molar-refractivity contribution in [3.8, 4) is 0 Å². The highest BCUT2D eigenvalue weighted by atomic mass is 32.1. The van der Waals surface area contributed by atoms with E-state index in [-0.39, 0.29) is 11.9 Å². The second-order valence-electron chi connectivity index (χ2n) is 5.52. The van der Waals surface area contributed by atoms with Crippen molar-refractivity contribution in [3.05, 3.63) is 35.2 Å². The second kappa shape index (κ2) is 5.54. The Morgan fingerprint density at radius 3 is 3.05 bits per heavy atom. The van der Waals surface area contributed by atoms with Crippen LogP contribution in [0.25, 0.3) is 10.1 Å². The van der Waals surface area contributed by atoms with Crippen molar-refractivity contribution in [2.24, 2.45) is 11.7 Å². The van der Waals surface area contributed by atoms with Gasteiger partial charge in [-0.3, -0.25) is 4.79 Å². The second-order valence-corrected chi connectivity index (χ2v) is 6.43. The van der Waals surface area contributed by atoms with Gasteiger partial charge < -0.3 is 10.6 Å². The van der Waals surface area contributed by atoms with Gasteiger partial charge in [0.15, 0.2) is 0 Å². The van der Waals surface area contributed by atoms with Gasteiger partial charge in [0.25, 0.3) is 5.91 Å². The molecule has 2 heterocycles. The van der Waals surface area contributed by atoms with Gasteiger partial charge in [0.2, 0.25) is 0 Å². The van der Waals surface area contributed by atoms with E-state index in [1.54, 1.807) is 11.3 Å². The lowest BCUT2D eigenvalue weighted by molar-refractivity contribution is 0.0651. The number of piperidine rings is 1. The largest absolute Gasteiger partial charge is 0.338 e. The van der Waals surface area contributed by atoms with Crippen molar-refractivity contribution in [2.45, 2.75) is 25.8 Å². The van der Waals surface area contributed by atoms with E-state index in [1.165, 1.54) is 4.70 Å². The fourth-order valence-corrected chi connectivity index (χ4v) is 3.92. The predicted octanol–water partition coefficient (Wildman–Crippen LogP) is 3.10. The first-order chi connectivity index (χ1) is 9.70. The Labute approximate surface area is 123 Å². The molecule has 0 saturated carbocycles. The van der Waals surface area contributed by atoms with Crippen molar-refractivity contribution in [1.29, 1.82) is 0 Å². The van der Waals surface area contributed by atoms with Crippen LogP contribution in [0.3, 0.4) is 0 Å². The summed E-state index contributed by atoms with van der Waals surface area (Å²) < 4.78 is 1.18. The lowest BCUT2D eigenvalue weighted by atomic mass is 9.90. The third-order valence-corrected chi connectivity index (χ3v) is 5.28. The average molecular weight is 288 g/mol. The van der Waals surface area contributed by atoms with E-state index in [9.17, 15) is 4.79 Å². The number of amides is 1. The maximum atomic E-state index is 12.7. The number of nitrogens with two attached hydrogens (primary N) is 1. The molecule has 4 heteroatoms. The van der Waals surface area contributed by atoms with Crippen LogP contribution < -0.4 is 5.73 Å². The van der Waals surface area contributed by atoms with E-state index in [0.29, 0.717) is 5.92 Å². The van der Waals surface area contributed by atoms with Crippen LogP contribution in [-0.2, 0) is 0 Å². The fraction of sp³-hybridized carbons (Fsp3) is 0.438. The molecule has 2 N–H and O–H groups in total. The molecule has 2 unspecified atom stereocenters. The van der Waals surface area contributed by atoms with Gasteiger partial charge >= 0.3 is 0 Å². The van der Waals surface area contributed by atoms with Gasteiger partial charge in [-0.15, -0.1) is 11.3 Å². The zero-order valence-corrected chi connectivity index (χ0v) is 12.5. The molecule has 0 aliphatic carbocycles. The number of carbonyl (C=O) groups is 1. The van der Waals surface area contributed by atoms with Gasteiger partial charge in [-0.1, -0.05) is 31.5 Å². The molecule has 1 saturated heterocycles. The zero-order chi connectivity index (χ0) is 14.1. The maximum absolute atomic E-state index is 12.7. The molecule has 1 aromatic heterocycles. The molecule has 0 bridgehead atoms. The highest BCUT2D eigenvalue weighted by Crippen LogP contribution is 2.28. The Kier molecular flexibility index (Phi) is 3.76. The zero-order valence-electron chi connectivity index (χ0n) is 11.7. The van der Waals surface area contributed by atoms with Crippen molar-refractivity contribution in [2.75, 3.05) is 13.1 Å². The minimum absolute atomic E-state index is 0.160. The Balaban J connectivity index is 1.85. The van der Waals surface area contributed by atoms with Crippen LogP contribution >= 0.6 is 11.3 Å². The third kappa shape index (κ3) is 2.34. The molecule has 1 amide bonds. The van der Waals surface area contributed by atoms with Gasteiger partial charge in [0.1, 0.15) is 0 Å². The lowest BCUT2D eigenvalue weighted by Crippen LogP contribution is -2.48. The van der Waals surface area contributed by atoms with Crippen LogP contribution in [0.4, 0.5) is 0 Å². The summed E-state index contributed by atoms with van der Waals surface area (Å²) in [4.78, 5) is 14.7. The van der Waals surface area contributed by atoms with Gasteiger partial charge in [0, 0.05) is 34.6 Å². The summed E-state index contributed by atoms with van der Waals surface area (Å²) in [6.45, 7) is 3.72. The summed E-state index contributed by atoms with van der Waals surface area (Å²) in [6.07, 6.45) is 1.95. The van der Waals surface area contributed by atoms with E-state index in [0.717, 1.165) is 36.9 Å². The Morgan fingerprint density at radius 2 is 2.25 bits per heavy atom. The highest BCUT2D eigenvalue weighted by molar-refractivity contribution is 7.17. The summed E-state index contributed by atoms with van der Waals surface area (Å²) in [6, 6.07) is 8.35. The molecular weight excluding hydrogens is 268 g/mol. The third-order valence-electron chi connectivity index (χ3n) is 4.32. The monoisotopic (exact) mass is 288 g/mol. The van der Waals surface area contributed by atoms with E-state index >= 15 is 0 Å². The molecule has 1 aliphatic heterocycles. The van der Waals surface area contributed by atoms with Crippen molar-refractivity contribution >= 4 is 27.3 Å². The van der Waals surface area contributed by atoms with Gasteiger partial charge in [-0.2, -0.15) is 0 Å². The Morgan fingerprint density at radius 1 is 1.45 bits per heavy atom. The highest BCUT2D eigenvalue weighted by Gasteiger charge is 2.29.